The summed E-state index contributed by atoms with van der Waals surface area (Å²) < 4.78 is 5.07. The van der Waals surface area contributed by atoms with E-state index in [0.717, 1.165) is 0 Å². The second-order valence-corrected chi connectivity index (χ2v) is 2.58. The third-order valence-electron chi connectivity index (χ3n) is 1.79. The number of fused-ring (bicyclic) bond motifs is 1. The fourth-order valence-electron chi connectivity index (χ4n) is 1.22. The van der Waals surface area contributed by atoms with E-state index >= 15 is 0 Å². The maximum atomic E-state index is 9.42. The van der Waals surface area contributed by atoms with E-state index < -0.39 is 6.10 Å². The quantitative estimate of drug-likeness (QED) is 0.608. The molecular weight excluding hydrogens is 156 g/mol. The Bertz CT molecular complexity index is 331. The van der Waals surface area contributed by atoms with E-state index in [0.29, 0.717) is 11.3 Å². The summed E-state index contributed by atoms with van der Waals surface area (Å²) in [4.78, 5) is 0. The third-order valence-corrected chi connectivity index (χ3v) is 1.79. The van der Waals surface area contributed by atoms with E-state index in [1.807, 2.05) is 0 Å². The molecule has 1 heterocycles. The standard InChI is InChI=1S/C9H8O3/c10-6-2-1-3-8-9(6)7(11)4-5-12-8/h1-5,7,10-11H. The number of phenolic OH excluding ortho intramolecular Hbond substituents is 1. The van der Waals surface area contributed by atoms with Gasteiger partial charge in [-0.05, 0) is 18.2 Å². The summed E-state index contributed by atoms with van der Waals surface area (Å²) >= 11 is 0. The minimum absolute atomic E-state index is 0.0596. The van der Waals surface area contributed by atoms with Crippen LogP contribution in [0.3, 0.4) is 0 Å². The molecule has 0 aliphatic carbocycles. The van der Waals surface area contributed by atoms with E-state index in [1.165, 1.54) is 18.4 Å². The summed E-state index contributed by atoms with van der Waals surface area (Å²) in [6.07, 6.45) is 2.11. The number of benzene rings is 1. The lowest BCUT2D eigenvalue weighted by Gasteiger charge is -2.16. The molecule has 0 fully saturated rings. The highest BCUT2D eigenvalue weighted by Gasteiger charge is 2.18. The first-order chi connectivity index (χ1) is 5.79. The van der Waals surface area contributed by atoms with Crippen molar-refractivity contribution in [2.75, 3.05) is 0 Å². The van der Waals surface area contributed by atoms with Crippen molar-refractivity contribution in [2.45, 2.75) is 6.10 Å². The zero-order valence-corrected chi connectivity index (χ0v) is 6.27. The topological polar surface area (TPSA) is 49.7 Å². The lowest BCUT2D eigenvalue weighted by Crippen LogP contribution is -2.02. The molecule has 2 rings (SSSR count). The number of aromatic hydroxyl groups is 1. The van der Waals surface area contributed by atoms with Crippen molar-refractivity contribution >= 4 is 0 Å². The Morgan fingerprint density at radius 2 is 2.17 bits per heavy atom. The van der Waals surface area contributed by atoms with E-state index in [2.05, 4.69) is 0 Å². The summed E-state index contributed by atoms with van der Waals surface area (Å²) in [7, 11) is 0. The largest absolute Gasteiger partial charge is 0.507 e. The van der Waals surface area contributed by atoms with Crippen molar-refractivity contribution in [3.63, 3.8) is 0 Å². The van der Waals surface area contributed by atoms with Crippen LogP contribution in [0.5, 0.6) is 11.5 Å². The summed E-state index contributed by atoms with van der Waals surface area (Å²) in [6, 6.07) is 4.88. The van der Waals surface area contributed by atoms with Gasteiger partial charge in [-0.2, -0.15) is 0 Å². The molecule has 1 aliphatic rings. The number of rotatable bonds is 0. The molecule has 0 amide bonds. The van der Waals surface area contributed by atoms with Gasteiger partial charge in [0.1, 0.15) is 17.6 Å². The fourth-order valence-corrected chi connectivity index (χ4v) is 1.22. The molecule has 0 radical (unpaired) electrons. The summed E-state index contributed by atoms with van der Waals surface area (Å²) in [5, 5.41) is 18.8. The smallest absolute Gasteiger partial charge is 0.136 e. The Balaban J connectivity index is 2.58. The normalized spacial score (nSPS) is 19.9. The average Bonchev–Trinajstić information content (AvgIpc) is 2.04. The highest BCUT2D eigenvalue weighted by atomic mass is 16.5. The van der Waals surface area contributed by atoms with Crippen molar-refractivity contribution in [1.82, 2.24) is 0 Å². The van der Waals surface area contributed by atoms with Crippen LogP contribution in [0.2, 0.25) is 0 Å². The van der Waals surface area contributed by atoms with Gasteiger partial charge in [-0.1, -0.05) is 6.07 Å². The molecule has 0 bridgehead atoms. The van der Waals surface area contributed by atoms with Gasteiger partial charge in [0.25, 0.3) is 0 Å². The van der Waals surface area contributed by atoms with Crippen LogP contribution in [0.15, 0.2) is 30.5 Å². The molecule has 0 saturated carbocycles. The molecule has 3 nitrogen and oxygen atoms in total. The van der Waals surface area contributed by atoms with Gasteiger partial charge >= 0.3 is 0 Å². The molecule has 0 saturated heterocycles. The number of aliphatic hydroxyl groups is 1. The SMILES string of the molecule is Oc1cccc2c1C(O)C=CO2. The maximum Gasteiger partial charge on any atom is 0.136 e. The van der Waals surface area contributed by atoms with Gasteiger partial charge in [-0.25, -0.2) is 0 Å². The monoisotopic (exact) mass is 164 g/mol. The molecule has 0 aromatic heterocycles. The van der Waals surface area contributed by atoms with Gasteiger partial charge in [0, 0.05) is 0 Å². The van der Waals surface area contributed by atoms with Gasteiger partial charge in [-0.3, -0.25) is 0 Å². The minimum Gasteiger partial charge on any atom is -0.507 e. The molecule has 1 aromatic rings. The third kappa shape index (κ3) is 0.950. The van der Waals surface area contributed by atoms with Crippen molar-refractivity contribution in [2.24, 2.45) is 0 Å². The lowest BCUT2D eigenvalue weighted by atomic mass is 10.1. The van der Waals surface area contributed by atoms with Crippen molar-refractivity contribution in [3.8, 4) is 11.5 Å². The zero-order chi connectivity index (χ0) is 8.55. The number of phenols is 1. The highest BCUT2D eigenvalue weighted by Crippen LogP contribution is 2.36. The molecule has 1 aromatic carbocycles. The van der Waals surface area contributed by atoms with Gasteiger partial charge in [-0.15, -0.1) is 0 Å². The van der Waals surface area contributed by atoms with Gasteiger partial charge in [0.15, 0.2) is 0 Å². The van der Waals surface area contributed by atoms with E-state index in [9.17, 15) is 10.2 Å². The van der Waals surface area contributed by atoms with Crippen LogP contribution >= 0.6 is 0 Å². The van der Waals surface area contributed by atoms with Crippen LogP contribution in [-0.4, -0.2) is 10.2 Å². The first-order valence-corrected chi connectivity index (χ1v) is 3.62. The van der Waals surface area contributed by atoms with Crippen molar-refractivity contribution < 1.29 is 14.9 Å². The Morgan fingerprint density at radius 1 is 1.33 bits per heavy atom. The molecule has 62 valence electrons. The van der Waals surface area contributed by atoms with Gasteiger partial charge in [0.2, 0.25) is 0 Å². The first-order valence-electron chi connectivity index (χ1n) is 3.62. The zero-order valence-electron chi connectivity index (χ0n) is 6.27. The highest BCUT2D eigenvalue weighted by molar-refractivity contribution is 5.48. The van der Waals surface area contributed by atoms with Crippen LogP contribution in [0.25, 0.3) is 0 Å². The van der Waals surface area contributed by atoms with Crippen LogP contribution in [0.1, 0.15) is 11.7 Å². The van der Waals surface area contributed by atoms with Gasteiger partial charge in [0.05, 0.1) is 11.8 Å². The molecule has 0 spiro atoms. The van der Waals surface area contributed by atoms with Crippen LogP contribution in [0, 0.1) is 0 Å². The Kier molecular flexibility index (Phi) is 1.52. The maximum absolute atomic E-state index is 9.42. The second-order valence-electron chi connectivity index (χ2n) is 2.58. The summed E-state index contributed by atoms with van der Waals surface area (Å²) in [5.41, 5.74) is 0.431. The fraction of sp³-hybridized carbons (Fsp3) is 0.111. The number of hydrogen-bond donors (Lipinski definition) is 2. The van der Waals surface area contributed by atoms with E-state index in [-0.39, 0.29) is 5.75 Å². The molecule has 1 aliphatic heterocycles. The molecule has 1 unspecified atom stereocenters. The van der Waals surface area contributed by atoms with E-state index in [1.54, 1.807) is 12.1 Å². The molecule has 1 atom stereocenters. The second kappa shape index (κ2) is 2.53. The Hall–Kier alpha value is -1.48. The van der Waals surface area contributed by atoms with Crippen LogP contribution < -0.4 is 4.74 Å². The summed E-state index contributed by atoms with van der Waals surface area (Å²) in [5.74, 6) is 0.564. The van der Waals surface area contributed by atoms with Crippen molar-refractivity contribution in [3.05, 3.63) is 36.1 Å². The molecular formula is C9H8O3. The number of aliphatic hydroxyl groups excluding tert-OH is 1. The number of ether oxygens (including phenoxy) is 1. The number of hydrogen-bond acceptors (Lipinski definition) is 3. The minimum atomic E-state index is -0.769. The Morgan fingerprint density at radius 3 is 2.92 bits per heavy atom. The van der Waals surface area contributed by atoms with E-state index in [4.69, 9.17) is 4.74 Å². The molecule has 2 N–H and O–H groups in total. The van der Waals surface area contributed by atoms with Crippen molar-refractivity contribution in [1.29, 1.82) is 0 Å². The van der Waals surface area contributed by atoms with Crippen LogP contribution in [0.4, 0.5) is 0 Å². The molecule has 3 heteroatoms. The summed E-state index contributed by atoms with van der Waals surface area (Å²) in [6.45, 7) is 0. The predicted molar refractivity (Wildman–Crippen MR) is 42.8 cm³/mol. The van der Waals surface area contributed by atoms with Gasteiger partial charge < -0.3 is 14.9 Å². The first kappa shape index (κ1) is 7.18. The molecule has 12 heavy (non-hydrogen) atoms. The average molecular weight is 164 g/mol. The lowest BCUT2D eigenvalue weighted by molar-refractivity contribution is 0.208. The predicted octanol–water partition coefficient (Wildman–Crippen LogP) is 1.33. The Labute approximate surface area is 69.5 Å². The van der Waals surface area contributed by atoms with Crippen LogP contribution in [-0.2, 0) is 0 Å².